The summed E-state index contributed by atoms with van der Waals surface area (Å²) >= 11 is 1.59. The van der Waals surface area contributed by atoms with Crippen molar-refractivity contribution in [2.45, 2.75) is 52.0 Å². The molecule has 2 heterocycles. The maximum atomic E-state index is 12.6. The maximum Gasteiger partial charge on any atom is 0.339 e. The number of fused-ring (bicyclic) bond motifs is 1. The van der Waals surface area contributed by atoms with E-state index >= 15 is 0 Å². The second-order valence-corrected chi connectivity index (χ2v) is 7.47. The van der Waals surface area contributed by atoms with Crippen LogP contribution in [0, 0.1) is 0 Å². The molecule has 2 aliphatic rings. The van der Waals surface area contributed by atoms with E-state index in [1.165, 1.54) is 4.88 Å². The molecule has 0 fully saturated rings. The predicted octanol–water partition coefficient (Wildman–Crippen LogP) is 2.69. The van der Waals surface area contributed by atoms with Crippen LogP contribution in [0.2, 0.25) is 0 Å². The van der Waals surface area contributed by atoms with E-state index in [-0.39, 0.29) is 18.9 Å². The normalized spacial score (nSPS) is 19.0. The van der Waals surface area contributed by atoms with Gasteiger partial charge < -0.3 is 20.1 Å². The van der Waals surface area contributed by atoms with Crippen LogP contribution in [0.25, 0.3) is 0 Å². The molecule has 1 aromatic heterocycles. The van der Waals surface area contributed by atoms with Crippen LogP contribution in [-0.4, -0.2) is 37.2 Å². The van der Waals surface area contributed by atoms with Gasteiger partial charge in [0.25, 0.3) is 0 Å². The minimum absolute atomic E-state index is 0.179. The smallest absolute Gasteiger partial charge is 0.339 e. The van der Waals surface area contributed by atoms with Crippen LogP contribution in [0.15, 0.2) is 16.7 Å². The molecular formula is C19H24N2O5S. The van der Waals surface area contributed by atoms with Gasteiger partial charge in [0, 0.05) is 10.3 Å². The maximum absolute atomic E-state index is 12.6. The third-order valence-electron chi connectivity index (χ3n) is 4.78. The van der Waals surface area contributed by atoms with Gasteiger partial charge in [-0.15, -0.1) is 11.3 Å². The molecule has 3 rings (SSSR count). The van der Waals surface area contributed by atoms with Gasteiger partial charge in [-0.25, -0.2) is 14.4 Å². The summed E-state index contributed by atoms with van der Waals surface area (Å²) in [5, 5.41) is 7.12. The number of nitrogens with one attached hydrogen (secondary N) is 2. The summed E-state index contributed by atoms with van der Waals surface area (Å²) in [6, 6.07) is -0.894. The van der Waals surface area contributed by atoms with E-state index < -0.39 is 24.0 Å². The number of urea groups is 1. The van der Waals surface area contributed by atoms with Crippen molar-refractivity contribution in [3.63, 3.8) is 0 Å². The average Bonchev–Trinajstić information content (AvgIpc) is 3.09. The monoisotopic (exact) mass is 392 g/mol. The van der Waals surface area contributed by atoms with Crippen molar-refractivity contribution < 1.29 is 23.9 Å². The second-order valence-electron chi connectivity index (χ2n) is 6.51. The van der Waals surface area contributed by atoms with Gasteiger partial charge in [0.05, 0.1) is 29.5 Å². The average molecular weight is 392 g/mol. The molecule has 1 atom stereocenters. The Hall–Kier alpha value is -2.35. The van der Waals surface area contributed by atoms with Crippen molar-refractivity contribution in [1.82, 2.24) is 10.6 Å². The largest absolute Gasteiger partial charge is 0.463 e. The van der Waals surface area contributed by atoms with Crippen molar-refractivity contribution in [3.8, 4) is 0 Å². The Kier molecular flexibility index (Phi) is 6.15. The van der Waals surface area contributed by atoms with Gasteiger partial charge in [0.15, 0.2) is 0 Å². The number of esters is 2. The summed E-state index contributed by atoms with van der Waals surface area (Å²) in [6.45, 7) is 3.62. The molecule has 7 nitrogen and oxygen atoms in total. The molecule has 8 heteroatoms. The topological polar surface area (TPSA) is 93.7 Å². The highest BCUT2D eigenvalue weighted by Crippen LogP contribution is 2.30. The van der Waals surface area contributed by atoms with Crippen molar-refractivity contribution >= 4 is 29.3 Å². The van der Waals surface area contributed by atoms with Crippen LogP contribution in [0.3, 0.4) is 0 Å². The Labute approximate surface area is 162 Å². The Morgan fingerprint density at radius 1 is 1.19 bits per heavy atom. The molecule has 1 aliphatic heterocycles. The van der Waals surface area contributed by atoms with Crippen LogP contribution >= 0.6 is 11.3 Å². The van der Waals surface area contributed by atoms with Crippen molar-refractivity contribution in [2.24, 2.45) is 0 Å². The van der Waals surface area contributed by atoms with Crippen LogP contribution in [0.4, 0.5) is 4.79 Å². The Balaban J connectivity index is 1.78. The van der Waals surface area contributed by atoms with Crippen LogP contribution < -0.4 is 10.6 Å². The highest BCUT2D eigenvalue weighted by atomic mass is 32.1. The highest BCUT2D eigenvalue weighted by molar-refractivity contribution is 7.10. The minimum Gasteiger partial charge on any atom is -0.463 e. The van der Waals surface area contributed by atoms with Gasteiger partial charge in [-0.05, 0) is 44.6 Å². The lowest BCUT2D eigenvalue weighted by molar-refractivity contribution is -0.139. The fraction of sp³-hybridized carbons (Fsp3) is 0.526. The summed E-state index contributed by atoms with van der Waals surface area (Å²) in [7, 11) is 0. The molecule has 2 N–H and O–H groups in total. The number of hydrogen-bond donors (Lipinski definition) is 2. The first kappa shape index (κ1) is 19.4. The van der Waals surface area contributed by atoms with Gasteiger partial charge in [-0.1, -0.05) is 6.92 Å². The zero-order valence-corrected chi connectivity index (χ0v) is 16.4. The molecule has 0 radical (unpaired) electrons. The molecule has 1 aliphatic carbocycles. The van der Waals surface area contributed by atoms with Gasteiger partial charge in [0.1, 0.15) is 6.61 Å². The van der Waals surface area contributed by atoms with Gasteiger partial charge in [0.2, 0.25) is 0 Å². The minimum atomic E-state index is -0.518. The fourth-order valence-electron chi connectivity index (χ4n) is 3.46. The summed E-state index contributed by atoms with van der Waals surface area (Å²) in [6.07, 6.45) is 4.64. The molecule has 0 spiro atoms. The molecule has 0 aromatic carbocycles. The second kappa shape index (κ2) is 8.56. The van der Waals surface area contributed by atoms with E-state index in [1.807, 2.05) is 12.3 Å². The molecule has 1 unspecified atom stereocenters. The quantitative estimate of drug-likeness (QED) is 0.726. The van der Waals surface area contributed by atoms with Crippen molar-refractivity contribution in [3.05, 3.63) is 32.7 Å². The van der Waals surface area contributed by atoms with Crippen LogP contribution in [-0.2, 0) is 27.1 Å². The zero-order valence-electron chi connectivity index (χ0n) is 15.6. The van der Waals surface area contributed by atoms with Crippen molar-refractivity contribution in [2.75, 3.05) is 13.2 Å². The number of carbonyl (C=O) groups is 3. The van der Waals surface area contributed by atoms with Crippen LogP contribution in [0.1, 0.15) is 53.9 Å². The van der Waals surface area contributed by atoms with E-state index in [4.69, 9.17) is 9.47 Å². The van der Waals surface area contributed by atoms with E-state index in [2.05, 4.69) is 10.6 Å². The molecule has 2 amide bonds. The first-order valence-corrected chi connectivity index (χ1v) is 10.2. The Morgan fingerprint density at radius 2 is 1.96 bits per heavy atom. The Bertz CT molecular complexity index is 783. The molecular weight excluding hydrogens is 368 g/mol. The van der Waals surface area contributed by atoms with Gasteiger partial charge in [-0.2, -0.15) is 0 Å². The van der Waals surface area contributed by atoms with E-state index in [1.54, 1.807) is 18.3 Å². The zero-order chi connectivity index (χ0) is 19.4. The summed E-state index contributed by atoms with van der Waals surface area (Å²) in [5.74, 6) is -0.943. The first-order valence-electron chi connectivity index (χ1n) is 9.29. The number of ether oxygens (including phenoxy) is 2. The standard InChI is InChI=1S/C19H24N2O5S/c1-3-13-16(18(23)25-4-2)14(21-19(24)20-13)9-26-17(22)12-10-27-15-8-6-5-7-11(12)15/h10,13H,3-9H2,1-2H3,(H2,20,21,24). The van der Waals surface area contributed by atoms with Gasteiger partial charge in [-0.3, -0.25) is 0 Å². The molecule has 1 aromatic rings. The summed E-state index contributed by atoms with van der Waals surface area (Å²) in [5.41, 5.74) is 2.26. The SMILES string of the molecule is CCOC(=O)C1=C(COC(=O)c2csc3c2CCCC3)NC(=O)NC1CC. The first-order chi connectivity index (χ1) is 13.0. The lowest BCUT2D eigenvalue weighted by Gasteiger charge is -2.28. The molecule has 146 valence electrons. The molecule has 27 heavy (non-hydrogen) atoms. The number of carbonyl (C=O) groups excluding carboxylic acids is 3. The fourth-order valence-corrected chi connectivity index (χ4v) is 4.57. The molecule has 0 saturated heterocycles. The number of thiophene rings is 1. The van der Waals surface area contributed by atoms with E-state index in [9.17, 15) is 14.4 Å². The summed E-state index contributed by atoms with van der Waals surface area (Å²) < 4.78 is 10.6. The number of hydrogen-bond acceptors (Lipinski definition) is 6. The molecule has 0 bridgehead atoms. The van der Waals surface area contributed by atoms with Crippen molar-refractivity contribution in [1.29, 1.82) is 0 Å². The Morgan fingerprint density at radius 3 is 2.70 bits per heavy atom. The molecule has 0 saturated carbocycles. The lowest BCUT2D eigenvalue weighted by atomic mass is 9.96. The number of rotatable bonds is 6. The predicted molar refractivity (Wildman–Crippen MR) is 101 cm³/mol. The van der Waals surface area contributed by atoms with Crippen LogP contribution in [0.5, 0.6) is 0 Å². The van der Waals surface area contributed by atoms with E-state index in [0.717, 1.165) is 31.2 Å². The summed E-state index contributed by atoms with van der Waals surface area (Å²) in [4.78, 5) is 38.0. The third kappa shape index (κ3) is 4.16. The third-order valence-corrected chi connectivity index (χ3v) is 5.86. The highest BCUT2D eigenvalue weighted by Gasteiger charge is 2.32. The van der Waals surface area contributed by atoms with Gasteiger partial charge >= 0.3 is 18.0 Å². The lowest BCUT2D eigenvalue weighted by Crippen LogP contribution is -2.51. The number of aryl methyl sites for hydroxylation is 1. The number of amides is 2. The van der Waals surface area contributed by atoms with E-state index in [0.29, 0.717) is 17.6 Å².